The van der Waals surface area contributed by atoms with Crippen LogP contribution >= 0.6 is 0 Å². The van der Waals surface area contributed by atoms with Gasteiger partial charge in [-0.25, -0.2) is 8.42 Å². The largest absolute Gasteiger partial charge is 0.353 e. The third kappa shape index (κ3) is 5.98. The summed E-state index contributed by atoms with van der Waals surface area (Å²) in [5.41, 5.74) is 1.43. The maximum absolute atomic E-state index is 13.4. The first-order valence-electron chi connectivity index (χ1n) is 12.4. The summed E-state index contributed by atoms with van der Waals surface area (Å²) in [6, 6.07) is 2.77. The maximum atomic E-state index is 13.4. The van der Waals surface area contributed by atoms with Crippen molar-refractivity contribution in [1.29, 1.82) is 0 Å². The molecule has 9 heteroatoms. The monoisotopic (exact) mass is 480 g/mol. The Balaban J connectivity index is 1.74. The van der Waals surface area contributed by atoms with E-state index in [0.717, 1.165) is 51.0 Å². The fourth-order valence-corrected chi connectivity index (χ4v) is 7.33. The molecule has 3 rings (SSSR count). The highest BCUT2D eigenvalue weighted by atomic mass is 32.2. The second-order valence-corrected chi connectivity index (χ2v) is 12.1. The van der Waals surface area contributed by atoms with Crippen LogP contribution in [0.25, 0.3) is 0 Å². The van der Waals surface area contributed by atoms with Crippen LogP contribution in [-0.4, -0.2) is 77.7 Å². The molecule has 1 aromatic rings. The van der Waals surface area contributed by atoms with Gasteiger partial charge in [0, 0.05) is 18.8 Å². The Bertz CT molecular complexity index is 919. The summed E-state index contributed by atoms with van der Waals surface area (Å²) >= 11 is 0. The van der Waals surface area contributed by atoms with Crippen molar-refractivity contribution in [3.63, 3.8) is 0 Å². The van der Waals surface area contributed by atoms with Crippen LogP contribution in [0.5, 0.6) is 0 Å². The second kappa shape index (κ2) is 11.0. The molecular formula is C24H40N4O4S. The third-order valence-electron chi connectivity index (χ3n) is 6.59. The summed E-state index contributed by atoms with van der Waals surface area (Å²) in [5.74, 6) is -0.850. The molecular weight excluding hydrogens is 440 g/mol. The van der Waals surface area contributed by atoms with E-state index in [0.29, 0.717) is 18.7 Å². The molecule has 2 fully saturated rings. The van der Waals surface area contributed by atoms with Crippen molar-refractivity contribution in [2.45, 2.75) is 83.7 Å². The van der Waals surface area contributed by atoms with Gasteiger partial charge in [-0.3, -0.25) is 14.5 Å². The number of likely N-dealkylation sites (tertiary alicyclic amines) is 1. The van der Waals surface area contributed by atoms with Gasteiger partial charge < -0.3 is 15.2 Å². The number of nitrogens with one attached hydrogen (secondary N) is 2. The van der Waals surface area contributed by atoms with Crippen LogP contribution in [0.1, 0.15) is 76.0 Å². The average molecular weight is 481 g/mol. The first-order valence-corrected chi connectivity index (χ1v) is 14.1. The number of H-pyrrole nitrogens is 1. The molecule has 0 unspecified atom stereocenters. The van der Waals surface area contributed by atoms with Gasteiger partial charge in [-0.05, 0) is 50.4 Å². The number of rotatable bonds is 12. The Morgan fingerprint density at radius 3 is 2.45 bits per heavy atom. The molecule has 3 atom stereocenters. The van der Waals surface area contributed by atoms with Gasteiger partial charge >= 0.3 is 0 Å². The van der Waals surface area contributed by atoms with Gasteiger partial charge in [-0.15, -0.1) is 0 Å². The Morgan fingerprint density at radius 1 is 1.18 bits per heavy atom. The number of carbonyl (C=O) groups is 2. The fourth-order valence-electron chi connectivity index (χ4n) is 5.03. The Morgan fingerprint density at radius 2 is 1.85 bits per heavy atom. The molecule has 0 aromatic carbocycles. The molecule has 0 saturated carbocycles. The van der Waals surface area contributed by atoms with Crippen molar-refractivity contribution in [3.8, 4) is 0 Å². The molecule has 2 amide bonds. The minimum atomic E-state index is -3.66. The zero-order valence-corrected chi connectivity index (χ0v) is 21.3. The average Bonchev–Trinajstić information content (AvgIpc) is 3.43. The number of nitrogens with zero attached hydrogens (tertiary/aromatic N) is 2. The summed E-state index contributed by atoms with van der Waals surface area (Å²) < 4.78 is 26.0. The minimum absolute atomic E-state index is 0.0612. The lowest BCUT2D eigenvalue weighted by atomic mass is 10.1. The van der Waals surface area contributed by atoms with E-state index in [2.05, 4.69) is 29.0 Å². The first-order chi connectivity index (χ1) is 15.7. The zero-order chi connectivity index (χ0) is 24.2. The van der Waals surface area contributed by atoms with Crippen molar-refractivity contribution >= 4 is 21.7 Å². The molecule has 3 heterocycles. The van der Waals surface area contributed by atoms with E-state index >= 15 is 0 Å². The standard InChI is InChI=1S/C24H40N4O4S/c1-5-7-12-27(13-8-6-2)15-18-9-10-20(25-18)24(30)28-14-11-19-21(28)22(23(29)26-19)33(31,32)16-17(3)4/h9-10,17,19,21-22,25H,5-8,11-16H2,1-4H3,(H,26,29)/t19-,21+,22+/m1/s1. The second-order valence-electron chi connectivity index (χ2n) is 9.92. The van der Waals surface area contributed by atoms with Crippen LogP contribution < -0.4 is 5.32 Å². The van der Waals surface area contributed by atoms with E-state index in [1.807, 2.05) is 19.9 Å². The quantitative estimate of drug-likeness (QED) is 0.479. The number of unbranched alkanes of at least 4 members (excludes halogenated alkanes) is 2. The van der Waals surface area contributed by atoms with Crippen LogP contribution in [0.3, 0.4) is 0 Å². The van der Waals surface area contributed by atoms with Crippen molar-refractivity contribution in [1.82, 2.24) is 20.1 Å². The van der Waals surface area contributed by atoms with Crippen molar-refractivity contribution in [2.24, 2.45) is 5.92 Å². The van der Waals surface area contributed by atoms with E-state index in [1.165, 1.54) is 0 Å². The molecule has 2 aliphatic rings. The van der Waals surface area contributed by atoms with Crippen molar-refractivity contribution in [3.05, 3.63) is 23.5 Å². The zero-order valence-electron chi connectivity index (χ0n) is 20.5. The molecule has 1 aromatic heterocycles. The SMILES string of the molecule is CCCCN(CCCC)Cc1ccc(C(=O)N2CC[C@H]3NC(=O)[C@@H](S(=O)(=O)CC(C)C)[C@H]32)[nH]1. The molecule has 0 bridgehead atoms. The van der Waals surface area contributed by atoms with Gasteiger partial charge in [-0.1, -0.05) is 40.5 Å². The van der Waals surface area contributed by atoms with Gasteiger partial charge in [0.2, 0.25) is 5.91 Å². The van der Waals surface area contributed by atoms with E-state index < -0.39 is 27.0 Å². The lowest BCUT2D eigenvalue weighted by Gasteiger charge is -2.27. The number of aromatic amines is 1. The van der Waals surface area contributed by atoms with E-state index in [9.17, 15) is 18.0 Å². The summed E-state index contributed by atoms with van der Waals surface area (Å²) in [5, 5.41) is 1.63. The van der Waals surface area contributed by atoms with Crippen molar-refractivity contribution in [2.75, 3.05) is 25.4 Å². The number of hydrogen-bond donors (Lipinski definition) is 2. The smallest absolute Gasteiger partial charge is 0.270 e. The van der Waals surface area contributed by atoms with Crippen LogP contribution in [-0.2, 0) is 21.2 Å². The van der Waals surface area contributed by atoms with Gasteiger partial charge in [-0.2, -0.15) is 0 Å². The van der Waals surface area contributed by atoms with Gasteiger partial charge in [0.1, 0.15) is 5.69 Å². The number of hydrogen-bond acceptors (Lipinski definition) is 5. The lowest BCUT2D eigenvalue weighted by molar-refractivity contribution is -0.119. The van der Waals surface area contributed by atoms with Crippen LogP contribution in [0.4, 0.5) is 0 Å². The molecule has 0 spiro atoms. The Hall–Kier alpha value is -1.87. The molecule has 8 nitrogen and oxygen atoms in total. The molecule has 186 valence electrons. The molecule has 0 aliphatic carbocycles. The minimum Gasteiger partial charge on any atom is -0.353 e. The highest BCUT2D eigenvalue weighted by Crippen LogP contribution is 2.32. The van der Waals surface area contributed by atoms with Crippen molar-refractivity contribution < 1.29 is 18.0 Å². The molecule has 2 aliphatic heterocycles. The van der Waals surface area contributed by atoms with Gasteiger partial charge in [0.15, 0.2) is 15.1 Å². The lowest BCUT2D eigenvalue weighted by Crippen LogP contribution is -2.49. The summed E-state index contributed by atoms with van der Waals surface area (Å²) in [7, 11) is -3.66. The maximum Gasteiger partial charge on any atom is 0.270 e. The predicted octanol–water partition coefficient (Wildman–Crippen LogP) is 2.57. The highest BCUT2D eigenvalue weighted by molar-refractivity contribution is 7.92. The summed E-state index contributed by atoms with van der Waals surface area (Å²) in [4.78, 5) is 33.2. The molecule has 2 saturated heterocycles. The van der Waals surface area contributed by atoms with E-state index in [-0.39, 0.29) is 23.6 Å². The Kier molecular flexibility index (Phi) is 8.61. The van der Waals surface area contributed by atoms with Crippen LogP contribution in [0, 0.1) is 5.92 Å². The summed E-state index contributed by atoms with van der Waals surface area (Å²) in [6.45, 7) is 11.3. The number of aromatic nitrogens is 1. The summed E-state index contributed by atoms with van der Waals surface area (Å²) in [6.07, 6.45) is 5.14. The third-order valence-corrected chi connectivity index (χ3v) is 8.99. The van der Waals surface area contributed by atoms with E-state index in [1.54, 1.807) is 11.0 Å². The predicted molar refractivity (Wildman–Crippen MR) is 130 cm³/mol. The highest BCUT2D eigenvalue weighted by Gasteiger charge is 2.56. The molecule has 33 heavy (non-hydrogen) atoms. The van der Waals surface area contributed by atoms with Gasteiger partial charge in [0.05, 0.1) is 17.8 Å². The Labute approximate surface area is 198 Å². The fraction of sp³-hybridized carbons (Fsp3) is 0.750. The van der Waals surface area contributed by atoms with E-state index in [4.69, 9.17) is 0 Å². The number of sulfone groups is 1. The number of amides is 2. The number of carbonyl (C=O) groups excluding carboxylic acids is 2. The molecule has 2 N–H and O–H groups in total. The number of fused-ring (bicyclic) bond motifs is 1. The topological polar surface area (TPSA) is 103 Å². The first kappa shape index (κ1) is 25.7. The van der Waals surface area contributed by atoms with Gasteiger partial charge in [0.25, 0.3) is 5.91 Å². The molecule has 0 radical (unpaired) electrons. The normalized spacial score (nSPS) is 22.9. The van der Waals surface area contributed by atoms with Crippen LogP contribution in [0.2, 0.25) is 0 Å². The van der Waals surface area contributed by atoms with Crippen LogP contribution in [0.15, 0.2) is 12.1 Å².